The summed E-state index contributed by atoms with van der Waals surface area (Å²) < 4.78 is 40.3. The summed E-state index contributed by atoms with van der Waals surface area (Å²) in [6.45, 7) is 4.42. The summed E-state index contributed by atoms with van der Waals surface area (Å²) >= 11 is 0. The van der Waals surface area contributed by atoms with Gasteiger partial charge >= 0.3 is 5.97 Å². The maximum atomic E-state index is 13.7. The molecular formula is C14H19FN2O5S. The van der Waals surface area contributed by atoms with Gasteiger partial charge in [0.15, 0.2) is 0 Å². The zero-order valence-electron chi connectivity index (χ0n) is 12.9. The fourth-order valence-corrected chi connectivity index (χ4v) is 3.17. The van der Waals surface area contributed by atoms with E-state index in [2.05, 4.69) is 10.0 Å². The van der Waals surface area contributed by atoms with E-state index in [0.717, 1.165) is 12.1 Å². The molecule has 128 valence electrons. The van der Waals surface area contributed by atoms with Gasteiger partial charge in [0.2, 0.25) is 15.9 Å². The van der Waals surface area contributed by atoms with Crippen LogP contribution in [0.25, 0.3) is 0 Å². The number of halogens is 1. The molecule has 1 aromatic rings. The van der Waals surface area contributed by atoms with Crippen molar-refractivity contribution in [2.24, 2.45) is 5.92 Å². The van der Waals surface area contributed by atoms with Crippen molar-refractivity contribution in [2.75, 3.05) is 0 Å². The highest BCUT2D eigenvalue weighted by Crippen LogP contribution is 2.15. The maximum Gasteiger partial charge on any atom is 0.325 e. The van der Waals surface area contributed by atoms with Crippen molar-refractivity contribution in [3.05, 3.63) is 30.1 Å². The number of carboxylic acid groups (broad SMARTS) is 1. The van der Waals surface area contributed by atoms with Crippen LogP contribution in [0, 0.1) is 11.7 Å². The Morgan fingerprint density at radius 3 is 2.22 bits per heavy atom. The fourth-order valence-electron chi connectivity index (χ4n) is 1.75. The first-order valence-electron chi connectivity index (χ1n) is 6.86. The lowest BCUT2D eigenvalue weighted by Gasteiger charge is -2.22. The number of amides is 1. The van der Waals surface area contributed by atoms with Crippen LogP contribution >= 0.6 is 0 Å². The lowest BCUT2D eigenvalue weighted by molar-refractivity contribution is -0.141. The zero-order valence-corrected chi connectivity index (χ0v) is 13.7. The SMILES string of the molecule is CC(NC(=O)[C@@H](NS(=O)(=O)c1ccccc1F)C(C)C)C(=O)O. The molecule has 0 radical (unpaired) electrons. The highest BCUT2D eigenvalue weighted by atomic mass is 32.2. The molecular weight excluding hydrogens is 327 g/mol. The molecule has 0 aliphatic rings. The minimum Gasteiger partial charge on any atom is -0.480 e. The van der Waals surface area contributed by atoms with Crippen LogP contribution in [0.2, 0.25) is 0 Å². The predicted octanol–water partition coefficient (Wildman–Crippen LogP) is 0.718. The molecule has 0 bridgehead atoms. The molecule has 2 atom stereocenters. The number of carbonyl (C=O) groups excluding carboxylic acids is 1. The van der Waals surface area contributed by atoms with E-state index in [1.807, 2.05) is 0 Å². The first-order chi connectivity index (χ1) is 10.6. The Hall–Kier alpha value is -2.00. The molecule has 0 aliphatic heterocycles. The molecule has 0 heterocycles. The summed E-state index contributed by atoms with van der Waals surface area (Å²) in [5.74, 6) is -3.47. The standard InChI is InChI=1S/C14H19FN2O5S/c1-8(2)12(13(18)16-9(3)14(19)20)17-23(21,22)11-7-5-4-6-10(11)15/h4-9,12,17H,1-3H3,(H,16,18)(H,19,20)/t9?,12-/m0/s1. The molecule has 7 nitrogen and oxygen atoms in total. The van der Waals surface area contributed by atoms with Crippen molar-refractivity contribution in [3.63, 3.8) is 0 Å². The summed E-state index contributed by atoms with van der Waals surface area (Å²) in [5.41, 5.74) is 0. The Bertz CT molecular complexity index is 690. The van der Waals surface area contributed by atoms with Crippen LogP contribution in [0.4, 0.5) is 4.39 Å². The van der Waals surface area contributed by atoms with E-state index < -0.39 is 50.6 Å². The maximum absolute atomic E-state index is 13.7. The Morgan fingerprint density at radius 2 is 1.74 bits per heavy atom. The average Bonchev–Trinajstić information content (AvgIpc) is 2.44. The summed E-state index contributed by atoms with van der Waals surface area (Å²) in [5, 5.41) is 11.0. The third-order valence-electron chi connectivity index (χ3n) is 3.09. The second-order valence-electron chi connectivity index (χ2n) is 5.34. The Balaban J connectivity index is 3.02. The first kappa shape index (κ1) is 19.0. The van der Waals surface area contributed by atoms with Crippen LogP contribution in [0.5, 0.6) is 0 Å². The van der Waals surface area contributed by atoms with Crippen molar-refractivity contribution in [1.82, 2.24) is 10.0 Å². The molecule has 0 fully saturated rings. The van der Waals surface area contributed by atoms with Crippen LogP contribution in [0.1, 0.15) is 20.8 Å². The van der Waals surface area contributed by atoms with Crippen molar-refractivity contribution < 1.29 is 27.5 Å². The second kappa shape index (κ2) is 7.51. The van der Waals surface area contributed by atoms with E-state index in [9.17, 15) is 22.4 Å². The molecule has 1 rings (SSSR count). The smallest absolute Gasteiger partial charge is 0.325 e. The summed E-state index contributed by atoms with van der Waals surface area (Å²) in [4.78, 5) is 22.3. The molecule has 9 heteroatoms. The minimum absolute atomic E-state index is 0.474. The molecule has 0 saturated carbocycles. The number of nitrogens with one attached hydrogen (secondary N) is 2. The minimum atomic E-state index is -4.27. The lowest BCUT2D eigenvalue weighted by Crippen LogP contribution is -2.52. The largest absolute Gasteiger partial charge is 0.480 e. The van der Waals surface area contributed by atoms with E-state index in [-0.39, 0.29) is 0 Å². The van der Waals surface area contributed by atoms with Gasteiger partial charge in [0, 0.05) is 0 Å². The van der Waals surface area contributed by atoms with Gasteiger partial charge in [0.1, 0.15) is 22.8 Å². The number of hydrogen-bond donors (Lipinski definition) is 3. The monoisotopic (exact) mass is 346 g/mol. The zero-order chi connectivity index (χ0) is 17.8. The van der Waals surface area contributed by atoms with Gasteiger partial charge in [-0.05, 0) is 25.0 Å². The number of hydrogen-bond acceptors (Lipinski definition) is 4. The van der Waals surface area contributed by atoms with Crippen LogP contribution < -0.4 is 10.0 Å². The van der Waals surface area contributed by atoms with E-state index in [4.69, 9.17) is 5.11 Å². The van der Waals surface area contributed by atoms with Gasteiger partial charge in [-0.3, -0.25) is 9.59 Å². The summed E-state index contributed by atoms with van der Waals surface area (Å²) in [7, 11) is -4.27. The van der Waals surface area contributed by atoms with Crippen molar-refractivity contribution in [1.29, 1.82) is 0 Å². The van der Waals surface area contributed by atoms with Gasteiger partial charge in [-0.25, -0.2) is 12.8 Å². The quantitative estimate of drug-likeness (QED) is 0.673. The van der Waals surface area contributed by atoms with Crippen LogP contribution in [-0.2, 0) is 19.6 Å². The second-order valence-corrected chi connectivity index (χ2v) is 7.02. The first-order valence-corrected chi connectivity index (χ1v) is 8.34. The molecule has 0 spiro atoms. The predicted molar refractivity (Wildman–Crippen MR) is 80.6 cm³/mol. The van der Waals surface area contributed by atoms with Gasteiger partial charge in [0.25, 0.3) is 0 Å². The van der Waals surface area contributed by atoms with Gasteiger partial charge in [0.05, 0.1) is 0 Å². The van der Waals surface area contributed by atoms with Crippen LogP contribution in [0.3, 0.4) is 0 Å². The summed E-state index contributed by atoms with van der Waals surface area (Å²) in [6.07, 6.45) is 0. The Morgan fingerprint density at radius 1 is 1.17 bits per heavy atom. The van der Waals surface area contributed by atoms with E-state index in [1.54, 1.807) is 13.8 Å². The molecule has 1 unspecified atom stereocenters. The average molecular weight is 346 g/mol. The van der Waals surface area contributed by atoms with Crippen LogP contribution in [0.15, 0.2) is 29.2 Å². The van der Waals surface area contributed by atoms with E-state index >= 15 is 0 Å². The lowest BCUT2D eigenvalue weighted by atomic mass is 10.0. The topological polar surface area (TPSA) is 113 Å². The third kappa shape index (κ3) is 5.00. The van der Waals surface area contributed by atoms with Gasteiger partial charge in [-0.15, -0.1) is 0 Å². The van der Waals surface area contributed by atoms with Crippen LogP contribution in [-0.4, -0.2) is 37.5 Å². The normalized spacial score (nSPS) is 14.3. The highest BCUT2D eigenvalue weighted by Gasteiger charge is 2.31. The number of carbonyl (C=O) groups is 2. The molecule has 1 amide bonds. The molecule has 3 N–H and O–H groups in total. The number of sulfonamides is 1. The van der Waals surface area contributed by atoms with E-state index in [1.165, 1.54) is 19.1 Å². The number of rotatable bonds is 7. The molecule has 0 saturated heterocycles. The van der Waals surface area contributed by atoms with E-state index in [0.29, 0.717) is 0 Å². The van der Waals surface area contributed by atoms with Crippen molar-refractivity contribution in [3.8, 4) is 0 Å². The molecule has 0 aliphatic carbocycles. The Kier molecular flexibility index (Phi) is 6.22. The fraction of sp³-hybridized carbons (Fsp3) is 0.429. The van der Waals surface area contributed by atoms with Crippen molar-refractivity contribution in [2.45, 2.75) is 37.8 Å². The molecule has 0 aromatic heterocycles. The number of benzene rings is 1. The van der Waals surface area contributed by atoms with Gasteiger partial charge < -0.3 is 10.4 Å². The number of aliphatic carboxylic acids is 1. The highest BCUT2D eigenvalue weighted by molar-refractivity contribution is 7.89. The Labute approximate surface area is 133 Å². The number of carboxylic acids is 1. The molecule has 1 aromatic carbocycles. The van der Waals surface area contributed by atoms with Crippen molar-refractivity contribution >= 4 is 21.9 Å². The third-order valence-corrected chi connectivity index (χ3v) is 4.56. The van der Waals surface area contributed by atoms with Gasteiger partial charge in [-0.1, -0.05) is 26.0 Å². The van der Waals surface area contributed by atoms with Gasteiger partial charge in [-0.2, -0.15) is 4.72 Å². The molecule has 23 heavy (non-hydrogen) atoms. The summed E-state index contributed by atoms with van der Waals surface area (Å²) in [6, 6.07) is 2.35.